The third kappa shape index (κ3) is 54.7. The molecule has 4 N–H and O–H groups in total. The number of nitrogens with zero attached hydrogens (tertiary/aromatic N) is 1. The predicted octanol–water partition coefficient (Wildman–Crippen LogP) is -0.892. The molecular formula is CH4CrN3O4P. The molecule has 0 aromatic carbocycles. The molecule has 0 heterocycles. The molecule has 0 aliphatic carbocycles. The molecule has 0 saturated carbocycles. The maximum absolute atomic E-state index is 9.36. The van der Waals surface area contributed by atoms with E-state index in [1.165, 1.54) is 0 Å². The average Bonchev–Trinajstić information content (AvgIpc) is 1.62. The fourth-order valence-corrected chi connectivity index (χ4v) is 0.141. The minimum atomic E-state index is -3.79. The van der Waals surface area contributed by atoms with Crippen molar-refractivity contribution in [3.63, 3.8) is 0 Å². The first-order valence-electron chi connectivity index (χ1n) is 1.68. The topological polar surface area (TPSA) is 133 Å². The van der Waals surface area contributed by atoms with Crippen molar-refractivity contribution in [3.8, 4) is 0 Å². The molecule has 0 atom stereocenters. The van der Waals surface area contributed by atoms with Gasteiger partial charge in [0.15, 0.2) is 5.96 Å². The van der Waals surface area contributed by atoms with E-state index in [0.29, 0.717) is 0 Å². The number of hydrogen-bond acceptors (Lipinski definition) is 4. The third-order valence-corrected chi connectivity index (χ3v) is 0.469. The summed E-state index contributed by atoms with van der Waals surface area (Å²) in [5.74, 6) is -0.160. The molecule has 10 heavy (non-hydrogen) atoms. The summed E-state index contributed by atoms with van der Waals surface area (Å²) >= 11 is -3.79. The van der Waals surface area contributed by atoms with Crippen molar-refractivity contribution in [2.45, 2.75) is 0 Å². The average molecular weight is 205 g/mol. The molecule has 0 unspecified atom stereocenters. The van der Waals surface area contributed by atoms with Crippen molar-refractivity contribution in [2.24, 2.45) is 16.2 Å². The quantitative estimate of drug-likeness (QED) is 0.324. The summed E-state index contributed by atoms with van der Waals surface area (Å²) in [5, 5.41) is 0. The van der Waals surface area contributed by atoms with Crippen LogP contribution in [-0.4, -0.2) is 5.96 Å². The monoisotopic (exact) mass is 205 g/mol. The zero-order valence-electron chi connectivity index (χ0n) is 4.59. The SMILES string of the molecule is NC(N)=NP=O.[O]=[Cr](=[O])=[O]. The van der Waals surface area contributed by atoms with Crippen LogP contribution >= 0.6 is 8.61 Å². The predicted molar refractivity (Wildman–Crippen MR) is 25.5 cm³/mol. The first-order chi connectivity index (χ1) is 4.50. The molecule has 0 rings (SSSR count). The van der Waals surface area contributed by atoms with E-state index in [9.17, 15) is 4.57 Å². The van der Waals surface area contributed by atoms with Crippen LogP contribution in [0, 0.1) is 0 Å². The molecule has 0 aromatic rings. The Hall–Kier alpha value is -0.698. The van der Waals surface area contributed by atoms with Crippen LogP contribution in [0.25, 0.3) is 0 Å². The van der Waals surface area contributed by atoms with Gasteiger partial charge in [0.1, 0.15) is 0 Å². The van der Waals surface area contributed by atoms with Gasteiger partial charge in [-0.3, -0.25) is 0 Å². The second-order valence-corrected chi connectivity index (χ2v) is 1.81. The number of rotatable bonds is 1. The van der Waals surface area contributed by atoms with Gasteiger partial charge in [-0.05, 0) is 0 Å². The Labute approximate surface area is 61.4 Å². The van der Waals surface area contributed by atoms with Gasteiger partial charge in [-0.1, -0.05) is 0 Å². The molecule has 0 saturated heterocycles. The summed E-state index contributed by atoms with van der Waals surface area (Å²) in [4.78, 5) is 0. The van der Waals surface area contributed by atoms with Crippen LogP contribution in [0.5, 0.6) is 0 Å². The standard InChI is InChI=1S/CH4N3OP.Cr.3O/c2-1(3)4-6-5;;;;/h(H4,2,3,4,5);;;;. The van der Waals surface area contributed by atoms with Crippen LogP contribution in [0.4, 0.5) is 0 Å². The number of nitrogens with two attached hydrogens (primary N) is 2. The number of guanidine groups is 1. The molecule has 0 spiro atoms. The molecule has 0 aromatic heterocycles. The summed E-state index contributed by atoms with van der Waals surface area (Å²) in [6.07, 6.45) is 0. The molecule has 0 fully saturated rings. The molecule has 7 nitrogen and oxygen atoms in total. The van der Waals surface area contributed by atoms with Gasteiger partial charge in [0.2, 0.25) is 0 Å². The van der Waals surface area contributed by atoms with Crippen molar-refractivity contribution < 1.29 is 29.9 Å². The molecule has 0 radical (unpaired) electrons. The Morgan fingerprint density at radius 3 is 1.60 bits per heavy atom. The van der Waals surface area contributed by atoms with E-state index in [1.54, 1.807) is 0 Å². The van der Waals surface area contributed by atoms with Crippen molar-refractivity contribution in [1.29, 1.82) is 0 Å². The van der Waals surface area contributed by atoms with Gasteiger partial charge < -0.3 is 11.5 Å². The third-order valence-electron chi connectivity index (χ3n) is 0.156. The summed E-state index contributed by atoms with van der Waals surface area (Å²) < 4.78 is 38.0. The van der Waals surface area contributed by atoms with Gasteiger partial charge in [-0.15, -0.1) is 0 Å². The van der Waals surface area contributed by atoms with E-state index in [0.717, 1.165) is 0 Å². The van der Waals surface area contributed by atoms with E-state index in [4.69, 9.17) is 22.9 Å². The maximum atomic E-state index is 9.36. The fourth-order valence-electron chi connectivity index (χ4n) is 0.0471. The summed E-state index contributed by atoms with van der Waals surface area (Å²) in [7, 11) is -0.388. The molecule has 0 bridgehead atoms. The van der Waals surface area contributed by atoms with E-state index in [1.807, 2.05) is 0 Å². The van der Waals surface area contributed by atoms with Crippen LogP contribution < -0.4 is 11.5 Å². The molecule has 58 valence electrons. The molecule has 0 aliphatic rings. The van der Waals surface area contributed by atoms with Gasteiger partial charge in [-0.25, -0.2) is 4.57 Å². The Bertz CT molecular complexity index is 205. The zero-order chi connectivity index (χ0) is 8.57. The van der Waals surface area contributed by atoms with Gasteiger partial charge in [0, 0.05) is 0 Å². The van der Waals surface area contributed by atoms with E-state index >= 15 is 0 Å². The second-order valence-electron chi connectivity index (χ2n) is 0.811. The number of hydrogen-bond donors (Lipinski definition) is 2. The normalized spacial score (nSPS) is 7.20. The molecular weight excluding hydrogens is 201 g/mol. The molecule has 0 amide bonds. The summed E-state index contributed by atoms with van der Waals surface area (Å²) in [6.45, 7) is 0. The van der Waals surface area contributed by atoms with Crippen molar-refractivity contribution in [1.82, 2.24) is 0 Å². The van der Waals surface area contributed by atoms with Crippen molar-refractivity contribution in [3.05, 3.63) is 0 Å². The Balaban J connectivity index is 0. The summed E-state index contributed by atoms with van der Waals surface area (Å²) in [6, 6.07) is 0. The van der Waals surface area contributed by atoms with Crippen LogP contribution in [0.15, 0.2) is 4.76 Å². The summed E-state index contributed by atoms with van der Waals surface area (Å²) in [5.41, 5.74) is 9.45. The van der Waals surface area contributed by atoms with E-state index in [2.05, 4.69) is 4.76 Å². The van der Waals surface area contributed by atoms with Crippen molar-refractivity contribution >= 4 is 14.6 Å². The van der Waals surface area contributed by atoms with Crippen LogP contribution in [0.2, 0.25) is 0 Å². The van der Waals surface area contributed by atoms with Crippen molar-refractivity contribution in [2.75, 3.05) is 0 Å². The first kappa shape index (κ1) is 12.0. The Kier molecular flexibility index (Phi) is 9.98. The zero-order valence-corrected chi connectivity index (χ0v) is 6.76. The van der Waals surface area contributed by atoms with Gasteiger partial charge in [-0.2, -0.15) is 4.76 Å². The Morgan fingerprint density at radius 2 is 1.60 bits per heavy atom. The van der Waals surface area contributed by atoms with Crippen LogP contribution in [-0.2, 0) is 29.9 Å². The molecule has 0 aliphatic heterocycles. The van der Waals surface area contributed by atoms with Gasteiger partial charge in [0.05, 0.1) is 0 Å². The second kappa shape index (κ2) is 8.30. The van der Waals surface area contributed by atoms with E-state index in [-0.39, 0.29) is 14.6 Å². The van der Waals surface area contributed by atoms with Gasteiger partial charge >= 0.3 is 34.0 Å². The van der Waals surface area contributed by atoms with Gasteiger partial charge in [0.25, 0.3) is 0 Å². The fraction of sp³-hybridized carbons (Fsp3) is 0. The van der Waals surface area contributed by atoms with E-state index < -0.39 is 14.0 Å². The minimum absolute atomic E-state index is 0.160. The first-order valence-corrected chi connectivity index (χ1v) is 4.01. The van der Waals surface area contributed by atoms with Crippen LogP contribution in [0.3, 0.4) is 0 Å². The molecule has 9 heteroatoms. The Morgan fingerprint density at radius 1 is 1.30 bits per heavy atom. The van der Waals surface area contributed by atoms with Crippen LogP contribution in [0.1, 0.15) is 0 Å².